The number of rotatable bonds is 5. The molecule has 1 fully saturated rings. The Morgan fingerprint density at radius 1 is 1.21 bits per heavy atom. The number of nitrogens with zero attached hydrogens (tertiary/aromatic N) is 4. The van der Waals surface area contributed by atoms with Gasteiger partial charge in [-0.1, -0.05) is 37.3 Å². The van der Waals surface area contributed by atoms with Crippen molar-refractivity contribution in [1.29, 1.82) is 0 Å². The summed E-state index contributed by atoms with van der Waals surface area (Å²) in [5.41, 5.74) is 5.95. The minimum Gasteiger partial charge on any atom is -0.341 e. The number of amides is 2. The first kappa shape index (κ1) is 24.1. The summed E-state index contributed by atoms with van der Waals surface area (Å²) in [5, 5.41) is 0. The third kappa shape index (κ3) is 5.38. The second-order valence-corrected chi connectivity index (χ2v) is 9.16. The van der Waals surface area contributed by atoms with Crippen LogP contribution in [0.2, 0.25) is 0 Å². The molecular weight excluding hydrogens is 447 g/mol. The standard InChI is InChI=1S/C24H28F3N5O2/c1-15-7-8-20(33)32(12-15)13-17(28)11-21(34)31-10-9-18-19(14-31)29-23(16-5-3-2-4-6-16)30-22(18)24(25,26)27/h2-6,15,17H,7-14,28H2,1H3/t15-,17+/m1/s1. The summed E-state index contributed by atoms with van der Waals surface area (Å²) < 4.78 is 41.3. The molecule has 2 aliphatic heterocycles. The van der Waals surface area contributed by atoms with Crippen LogP contribution in [0.5, 0.6) is 0 Å². The molecule has 0 aliphatic carbocycles. The molecule has 0 unspecified atom stereocenters. The van der Waals surface area contributed by atoms with Gasteiger partial charge in [0.25, 0.3) is 0 Å². The summed E-state index contributed by atoms with van der Waals surface area (Å²) in [6.45, 7) is 3.08. The number of aromatic nitrogens is 2. The average Bonchev–Trinajstić information content (AvgIpc) is 2.80. The summed E-state index contributed by atoms with van der Waals surface area (Å²) in [5.74, 6) is 0.151. The maximum atomic E-state index is 13.8. The van der Waals surface area contributed by atoms with Crippen molar-refractivity contribution < 1.29 is 22.8 Å². The van der Waals surface area contributed by atoms with E-state index in [1.54, 1.807) is 35.2 Å². The van der Waals surface area contributed by atoms with Gasteiger partial charge in [0, 0.05) is 49.6 Å². The lowest BCUT2D eigenvalue weighted by atomic mass is 9.98. The van der Waals surface area contributed by atoms with Crippen molar-refractivity contribution in [1.82, 2.24) is 19.8 Å². The molecule has 3 heterocycles. The number of piperidine rings is 1. The molecule has 182 valence electrons. The highest BCUT2D eigenvalue weighted by molar-refractivity contribution is 5.78. The fraction of sp³-hybridized carbons (Fsp3) is 0.500. The number of alkyl halides is 3. The first-order chi connectivity index (χ1) is 16.1. The minimum atomic E-state index is -4.62. The Hall–Kier alpha value is -3.01. The SMILES string of the molecule is C[C@@H]1CCC(=O)N(C[C@@H](N)CC(=O)N2CCc3c(nc(-c4ccccc4)nc3C(F)(F)F)C2)C1. The maximum absolute atomic E-state index is 13.8. The molecule has 2 aliphatic rings. The zero-order valence-corrected chi connectivity index (χ0v) is 19.0. The molecule has 2 N–H and O–H groups in total. The Morgan fingerprint density at radius 2 is 1.94 bits per heavy atom. The number of likely N-dealkylation sites (tertiary alicyclic amines) is 1. The second kappa shape index (κ2) is 9.69. The van der Waals surface area contributed by atoms with Crippen LogP contribution in [-0.4, -0.2) is 57.3 Å². The molecular formula is C24H28F3N5O2. The molecule has 2 aromatic rings. The van der Waals surface area contributed by atoms with Crippen molar-refractivity contribution in [2.45, 2.75) is 51.4 Å². The molecule has 2 amide bonds. The lowest BCUT2D eigenvalue weighted by molar-refractivity contribution is -0.142. The van der Waals surface area contributed by atoms with Gasteiger partial charge in [-0.15, -0.1) is 0 Å². The Kier molecular flexibility index (Phi) is 6.88. The van der Waals surface area contributed by atoms with Gasteiger partial charge in [-0.05, 0) is 18.8 Å². The van der Waals surface area contributed by atoms with Gasteiger partial charge in [0.15, 0.2) is 11.5 Å². The normalized spacial score (nSPS) is 19.7. The number of carbonyl (C=O) groups is 2. The fourth-order valence-electron chi connectivity index (χ4n) is 4.57. The molecule has 0 bridgehead atoms. The largest absolute Gasteiger partial charge is 0.433 e. The maximum Gasteiger partial charge on any atom is 0.433 e. The van der Waals surface area contributed by atoms with E-state index in [0.717, 1.165) is 6.42 Å². The van der Waals surface area contributed by atoms with E-state index in [0.29, 0.717) is 24.4 Å². The highest BCUT2D eigenvalue weighted by Crippen LogP contribution is 2.35. The second-order valence-electron chi connectivity index (χ2n) is 9.16. The smallest absolute Gasteiger partial charge is 0.341 e. The molecule has 34 heavy (non-hydrogen) atoms. The molecule has 0 radical (unpaired) electrons. The quantitative estimate of drug-likeness (QED) is 0.718. The molecule has 0 spiro atoms. The van der Waals surface area contributed by atoms with Gasteiger partial charge < -0.3 is 15.5 Å². The van der Waals surface area contributed by atoms with Crippen molar-refractivity contribution in [3.8, 4) is 11.4 Å². The van der Waals surface area contributed by atoms with Crippen LogP contribution < -0.4 is 5.73 Å². The van der Waals surface area contributed by atoms with Gasteiger partial charge >= 0.3 is 6.18 Å². The van der Waals surface area contributed by atoms with Crippen molar-refractivity contribution in [2.24, 2.45) is 11.7 Å². The zero-order valence-electron chi connectivity index (χ0n) is 19.0. The number of carbonyl (C=O) groups excluding carboxylic acids is 2. The number of hydrogen-bond donors (Lipinski definition) is 1. The summed E-state index contributed by atoms with van der Waals surface area (Å²) in [7, 11) is 0. The third-order valence-electron chi connectivity index (χ3n) is 6.35. The molecule has 1 aromatic carbocycles. The summed E-state index contributed by atoms with van der Waals surface area (Å²) in [6.07, 6.45) is -3.26. The Bertz CT molecular complexity index is 1060. The van der Waals surface area contributed by atoms with Crippen LogP contribution in [0.3, 0.4) is 0 Å². The molecule has 4 rings (SSSR count). The van der Waals surface area contributed by atoms with Crippen molar-refractivity contribution in [3.63, 3.8) is 0 Å². The lowest BCUT2D eigenvalue weighted by Gasteiger charge is -2.34. The molecule has 1 saturated heterocycles. The van der Waals surface area contributed by atoms with Gasteiger partial charge in [-0.2, -0.15) is 13.2 Å². The molecule has 2 atom stereocenters. The van der Waals surface area contributed by atoms with Crippen LogP contribution >= 0.6 is 0 Å². The van der Waals surface area contributed by atoms with Crippen molar-refractivity contribution in [3.05, 3.63) is 47.3 Å². The first-order valence-corrected chi connectivity index (χ1v) is 11.5. The monoisotopic (exact) mass is 475 g/mol. The predicted molar refractivity (Wildman–Crippen MR) is 119 cm³/mol. The van der Waals surface area contributed by atoms with Gasteiger partial charge in [0.05, 0.1) is 12.2 Å². The van der Waals surface area contributed by atoms with Gasteiger partial charge in [0.2, 0.25) is 11.8 Å². The number of hydrogen-bond acceptors (Lipinski definition) is 5. The molecule has 10 heteroatoms. The van der Waals surface area contributed by atoms with Gasteiger partial charge in [0.1, 0.15) is 0 Å². The van der Waals surface area contributed by atoms with Crippen LogP contribution in [0.1, 0.15) is 43.1 Å². The van der Waals surface area contributed by atoms with E-state index in [9.17, 15) is 22.8 Å². The van der Waals surface area contributed by atoms with E-state index >= 15 is 0 Å². The first-order valence-electron chi connectivity index (χ1n) is 11.5. The highest BCUT2D eigenvalue weighted by atomic mass is 19.4. The minimum absolute atomic E-state index is 0.0102. The van der Waals surface area contributed by atoms with Gasteiger partial charge in [-0.25, -0.2) is 9.97 Å². The number of nitrogens with two attached hydrogens (primary N) is 1. The number of fused-ring (bicyclic) bond motifs is 1. The van der Waals surface area contributed by atoms with E-state index in [1.165, 1.54) is 4.90 Å². The van der Waals surface area contributed by atoms with E-state index in [-0.39, 0.29) is 61.4 Å². The summed E-state index contributed by atoms with van der Waals surface area (Å²) >= 11 is 0. The van der Waals surface area contributed by atoms with Crippen molar-refractivity contribution in [2.75, 3.05) is 19.6 Å². The predicted octanol–water partition coefficient (Wildman–Crippen LogP) is 3.02. The summed E-state index contributed by atoms with van der Waals surface area (Å²) in [4.78, 5) is 36.5. The Labute approximate surface area is 196 Å². The topological polar surface area (TPSA) is 92.4 Å². The van der Waals surface area contributed by atoms with Crippen LogP contribution in [0.4, 0.5) is 13.2 Å². The van der Waals surface area contributed by atoms with E-state index in [1.807, 2.05) is 0 Å². The van der Waals surface area contributed by atoms with Gasteiger partial charge in [-0.3, -0.25) is 9.59 Å². The Morgan fingerprint density at radius 3 is 2.65 bits per heavy atom. The Balaban J connectivity index is 1.49. The fourth-order valence-corrected chi connectivity index (χ4v) is 4.57. The van der Waals surface area contributed by atoms with Crippen LogP contribution in [0, 0.1) is 5.92 Å². The van der Waals surface area contributed by atoms with E-state index in [4.69, 9.17) is 5.73 Å². The lowest BCUT2D eigenvalue weighted by Crippen LogP contribution is -2.48. The summed E-state index contributed by atoms with van der Waals surface area (Å²) in [6, 6.07) is 7.92. The average molecular weight is 476 g/mol. The number of halogens is 3. The van der Waals surface area contributed by atoms with E-state index in [2.05, 4.69) is 16.9 Å². The third-order valence-corrected chi connectivity index (χ3v) is 6.35. The number of benzene rings is 1. The van der Waals surface area contributed by atoms with Crippen LogP contribution in [-0.2, 0) is 28.7 Å². The molecule has 7 nitrogen and oxygen atoms in total. The zero-order chi connectivity index (χ0) is 24.5. The molecule has 1 aromatic heterocycles. The van der Waals surface area contributed by atoms with Crippen molar-refractivity contribution >= 4 is 11.8 Å². The van der Waals surface area contributed by atoms with Crippen LogP contribution in [0.25, 0.3) is 11.4 Å². The highest BCUT2D eigenvalue weighted by Gasteiger charge is 2.39. The molecule has 0 saturated carbocycles. The van der Waals surface area contributed by atoms with E-state index < -0.39 is 17.9 Å². The van der Waals surface area contributed by atoms with Crippen LogP contribution in [0.15, 0.2) is 30.3 Å².